The van der Waals surface area contributed by atoms with Crippen LogP contribution in [-0.4, -0.2) is 51.0 Å². The average Bonchev–Trinajstić information content (AvgIpc) is 3.21. The van der Waals surface area contributed by atoms with Crippen LogP contribution in [0, 0.1) is 0 Å². The molecule has 0 saturated carbocycles. The Bertz CT molecular complexity index is 1240. The Morgan fingerprint density at radius 2 is 1.04 bits per heavy atom. The molecule has 0 spiro atoms. The van der Waals surface area contributed by atoms with E-state index in [0.717, 1.165) is 81.1 Å². The van der Waals surface area contributed by atoms with Gasteiger partial charge >= 0.3 is 18.0 Å². The smallest absolute Gasteiger partial charge is 0.407 e. The number of methoxy groups -OCH3 is 1. The third-order valence-electron chi connectivity index (χ3n) is 9.98. The van der Waals surface area contributed by atoms with Gasteiger partial charge in [-0.25, -0.2) is 4.79 Å². The fourth-order valence-electron chi connectivity index (χ4n) is 6.53. The Morgan fingerprint density at radius 3 is 1.59 bits per heavy atom. The number of amides is 1. The molecule has 0 aliphatic heterocycles. The number of esters is 2. The summed E-state index contributed by atoms with van der Waals surface area (Å²) < 4.78 is 27.7. The van der Waals surface area contributed by atoms with Gasteiger partial charge in [0.15, 0.2) is 6.10 Å². The van der Waals surface area contributed by atoms with Crippen molar-refractivity contribution in [3.05, 3.63) is 65.7 Å². The third-order valence-corrected chi connectivity index (χ3v) is 9.98. The maximum atomic E-state index is 12.7. The van der Waals surface area contributed by atoms with E-state index in [0.29, 0.717) is 26.0 Å². The summed E-state index contributed by atoms with van der Waals surface area (Å²) in [6.07, 6.45) is 25.5. The number of carbonyl (C=O) groups excluding carboxylic acids is 3. The number of benzene rings is 2. The Hall–Kier alpha value is -3.59. The number of hydrogen-bond acceptors (Lipinski definition) is 8. The molecule has 2 rings (SSSR count). The van der Waals surface area contributed by atoms with Crippen LogP contribution in [0.1, 0.15) is 172 Å². The fourth-order valence-corrected chi connectivity index (χ4v) is 6.53. The monoisotopic (exact) mass is 782 g/mol. The lowest BCUT2D eigenvalue weighted by Crippen LogP contribution is -2.29. The fraction of sp³-hybridized carbons (Fsp3) is 0.681. The number of hydrogen-bond donors (Lipinski definition) is 1. The summed E-state index contributed by atoms with van der Waals surface area (Å²) in [6, 6.07) is 17.3. The van der Waals surface area contributed by atoms with Crippen molar-refractivity contribution < 1.29 is 38.1 Å². The molecule has 0 aliphatic rings. The van der Waals surface area contributed by atoms with Gasteiger partial charge in [0.25, 0.3) is 0 Å². The molecule has 0 fully saturated rings. The highest BCUT2D eigenvalue weighted by Gasteiger charge is 2.18. The van der Waals surface area contributed by atoms with E-state index >= 15 is 0 Å². The topological polar surface area (TPSA) is 109 Å². The van der Waals surface area contributed by atoms with E-state index in [9.17, 15) is 14.4 Å². The summed E-state index contributed by atoms with van der Waals surface area (Å²) in [6.45, 7) is 3.68. The minimum atomic E-state index is -0.643. The number of alkyl carbamates (subject to hydrolysis) is 1. The van der Waals surface area contributed by atoms with Crippen molar-refractivity contribution in [1.29, 1.82) is 0 Å². The summed E-state index contributed by atoms with van der Waals surface area (Å²) in [5, 5.41) is 2.82. The molecule has 1 amide bonds. The zero-order valence-corrected chi connectivity index (χ0v) is 35.0. The van der Waals surface area contributed by atoms with Gasteiger partial charge in [0, 0.05) is 19.4 Å². The van der Waals surface area contributed by atoms with Gasteiger partial charge in [-0.3, -0.25) is 9.59 Å². The van der Waals surface area contributed by atoms with Crippen LogP contribution in [0.15, 0.2) is 54.6 Å². The number of carbonyl (C=O) groups is 3. The van der Waals surface area contributed by atoms with Crippen molar-refractivity contribution in [2.24, 2.45) is 0 Å². The third kappa shape index (κ3) is 27.9. The molecule has 0 aromatic heterocycles. The summed E-state index contributed by atoms with van der Waals surface area (Å²) in [7, 11) is 1.63. The van der Waals surface area contributed by atoms with Crippen LogP contribution >= 0.6 is 0 Å². The zero-order valence-electron chi connectivity index (χ0n) is 35.0. The number of ether oxygens (including phenoxy) is 5. The first-order chi connectivity index (χ1) is 27.5. The van der Waals surface area contributed by atoms with E-state index in [1.165, 1.54) is 77.0 Å². The van der Waals surface area contributed by atoms with Crippen molar-refractivity contribution in [1.82, 2.24) is 5.32 Å². The maximum absolute atomic E-state index is 12.7. The predicted octanol–water partition coefficient (Wildman–Crippen LogP) is 12.0. The van der Waals surface area contributed by atoms with Gasteiger partial charge in [-0.2, -0.15) is 0 Å². The van der Waals surface area contributed by atoms with Crippen LogP contribution in [0.2, 0.25) is 0 Å². The lowest BCUT2D eigenvalue weighted by Gasteiger charge is -2.18. The van der Waals surface area contributed by atoms with E-state index in [-0.39, 0.29) is 37.9 Å². The van der Waals surface area contributed by atoms with Crippen LogP contribution in [0.5, 0.6) is 5.75 Å². The van der Waals surface area contributed by atoms with Crippen LogP contribution in [0.25, 0.3) is 0 Å². The highest BCUT2D eigenvalue weighted by atomic mass is 16.6. The van der Waals surface area contributed by atoms with Gasteiger partial charge in [-0.05, 0) is 42.5 Å². The van der Waals surface area contributed by atoms with E-state index in [1.807, 2.05) is 54.6 Å². The summed E-state index contributed by atoms with van der Waals surface area (Å²) >= 11 is 0. The molecule has 1 N–H and O–H groups in total. The van der Waals surface area contributed by atoms with Gasteiger partial charge in [-0.1, -0.05) is 171 Å². The molecule has 2 aromatic carbocycles. The van der Waals surface area contributed by atoms with Crippen molar-refractivity contribution in [3.8, 4) is 5.75 Å². The average molecular weight is 782 g/mol. The molecule has 1 atom stereocenters. The molecule has 0 saturated heterocycles. The first-order valence-corrected chi connectivity index (χ1v) is 22.0. The number of nitrogens with one attached hydrogen (secondary N) is 1. The highest BCUT2D eigenvalue weighted by Crippen LogP contribution is 2.16. The van der Waals surface area contributed by atoms with Crippen LogP contribution in [0.3, 0.4) is 0 Å². The minimum Gasteiger partial charge on any atom is -0.497 e. The van der Waals surface area contributed by atoms with Crippen molar-refractivity contribution in [3.63, 3.8) is 0 Å². The second-order valence-electron chi connectivity index (χ2n) is 15.1. The number of rotatable bonds is 36. The van der Waals surface area contributed by atoms with Crippen molar-refractivity contribution in [2.75, 3.05) is 26.9 Å². The molecule has 0 radical (unpaired) electrons. The van der Waals surface area contributed by atoms with Gasteiger partial charge < -0.3 is 29.0 Å². The Labute approximate surface area is 339 Å². The van der Waals surface area contributed by atoms with E-state index in [4.69, 9.17) is 23.7 Å². The van der Waals surface area contributed by atoms with E-state index in [1.54, 1.807) is 7.11 Å². The molecule has 9 heteroatoms. The summed E-state index contributed by atoms with van der Waals surface area (Å²) in [4.78, 5) is 37.1. The van der Waals surface area contributed by atoms with E-state index < -0.39 is 6.10 Å². The van der Waals surface area contributed by atoms with Crippen LogP contribution in [0.4, 0.5) is 4.79 Å². The second kappa shape index (κ2) is 34.6. The second-order valence-corrected chi connectivity index (χ2v) is 15.1. The molecular weight excluding hydrogens is 707 g/mol. The minimum absolute atomic E-state index is 0.00379. The first-order valence-electron chi connectivity index (χ1n) is 22.0. The van der Waals surface area contributed by atoms with Crippen LogP contribution in [-0.2, 0) is 41.8 Å². The van der Waals surface area contributed by atoms with Crippen molar-refractivity contribution >= 4 is 18.0 Å². The Kier molecular flexibility index (Phi) is 30.0. The largest absolute Gasteiger partial charge is 0.497 e. The molecule has 56 heavy (non-hydrogen) atoms. The van der Waals surface area contributed by atoms with Crippen LogP contribution < -0.4 is 10.1 Å². The molecule has 0 bridgehead atoms. The molecule has 0 heterocycles. The summed E-state index contributed by atoms with van der Waals surface area (Å²) in [5.41, 5.74) is 1.95. The van der Waals surface area contributed by atoms with Gasteiger partial charge in [-0.15, -0.1) is 0 Å². The normalized spacial score (nSPS) is 11.5. The number of unbranched alkanes of at least 4 members (excludes halogenated alkanes) is 20. The van der Waals surface area contributed by atoms with Gasteiger partial charge in [0.1, 0.15) is 19.0 Å². The standard InChI is InChI=1S/C47H75NO8/c1-3-4-5-6-7-8-9-10-11-13-17-20-26-31-46(50)56-44(39-53-37-42-32-34-43(52-2)35-33-42)40-54-45(49)30-25-19-16-14-12-15-18-21-27-36-48-47(51)55-38-41-28-23-22-24-29-41/h22-24,28-29,32-35,44H,3-21,25-27,30-31,36-40H2,1-2H3,(H,48,51)/t44-/m0/s1. The quantitative estimate of drug-likeness (QED) is 0.0413. The molecule has 316 valence electrons. The van der Waals surface area contributed by atoms with E-state index in [2.05, 4.69) is 12.2 Å². The first kappa shape index (κ1) is 48.6. The molecule has 9 nitrogen and oxygen atoms in total. The lowest BCUT2D eigenvalue weighted by molar-refractivity contribution is -0.163. The molecule has 0 unspecified atom stereocenters. The van der Waals surface area contributed by atoms with Crippen molar-refractivity contribution in [2.45, 2.75) is 180 Å². The highest BCUT2D eigenvalue weighted by molar-refractivity contribution is 5.70. The predicted molar refractivity (Wildman–Crippen MR) is 225 cm³/mol. The SMILES string of the molecule is CCCCCCCCCCCCCCCC(=O)O[C@@H](COCc1ccc(OC)cc1)COC(=O)CCCCCCCCCCCNC(=O)OCc1ccccc1. The van der Waals surface area contributed by atoms with Gasteiger partial charge in [0.2, 0.25) is 0 Å². The summed E-state index contributed by atoms with van der Waals surface area (Å²) in [5.74, 6) is 0.242. The molecular formula is C47H75NO8. The lowest BCUT2D eigenvalue weighted by atomic mass is 10.0. The molecule has 0 aliphatic carbocycles. The van der Waals surface area contributed by atoms with Gasteiger partial charge in [0.05, 0.1) is 20.3 Å². The maximum Gasteiger partial charge on any atom is 0.407 e. The zero-order chi connectivity index (χ0) is 40.2. The Balaban J connectivity index is 1.52. The molecule has 2 aromatic rings. The Morgan fingerprint density at radius 1 is 0.536 bits per heavy atom.